The number of benzene rings is 1. The fourth-order valence-corrected chi connectivity index (χ4v) is 1.85. The molecule has 1 unspecified atom stereocenters. The van der Waals surface area contributed by atoms with Crippen LogP contribution in [0.25, 0.3) is 0 Å². The Morgan fingerprint density at radius 2 is 2.00 bits per heavy atom. The number of hydrogen-bond acceptors (Lipinski definition) is 3. The average Bonchev–Trinajstić information content (AvgIpc) is 2.39. The van der Waals surface area contributed by atoms with Gasteiger partial charge in [0.2, 0.25) is 0 Å². The molecule has 0 aromatic heterocycles. The molecule has 0 fully saturated rings. The number of ether oxygens (including phenoxy) is 1. The van der Waals surface area contributed by atoms with E-state index in [4.69, 9.17) is 11.2 Å². The third kappa shape index (κ3) is 6.40. The molecule has 0 aliphatic carbocycles. The summed E-state index contributed by atoms with van der Waals surface area (Å²) in [7, 11) is 0. The minimum Gasteiger partial charge on any atom is -0.389 e. The molecule has 0 amide bonds. The van der Waals surface area contributed by atoms with Gasteiger partial charge in [0.15, 0.2) is 0 Å². The van der Waals surface area contributed by atoms with Crippen LogP contribution in [0.4, 0.5) is 0 Å². The number of nitrogens with zero attached hydrogens (tertiary/aromatic N) is 1. The van der Waals surface area contributed by atoms with E-state index < -0.39 is 6.10 Å². The van der Waals surface area contributed by atoms with Crippen LogP contribution in [0.3, 0.4) is 0 Å². The quantitative estimate of drug-likeness (QED) is 0.573. The van der Waals surface area contributed by atoms with Crippen LogP contribution in [0, 0.1) is 12.3 Å². The molecular formula is C16H23NO2. The van der Waals surface area contributed by atoms with Crippen molar-refractivity contribution < 1.29 is 9.84 Å². The maximum absolute atomic E-state index is 9.94. The number of terminal acetylenes is 1. The van der Waals surface area contributed by atoms with Crippen LogP contribution in [0.5, 0.6) is 0 Å². The normalized spacial score (nSPS) is 12.6. The van der Waals surface area contributed by atoms with Crippen LogP contribution in [0.15, 0.2) is 30.3 Å². The van der Waals surface area contributed by atoms with Crippen molar-refractivity contribution in [1.82, 2.24) is 4.90 Å². The molecule has 0 bridgehead atoms. The predicted molar refractivity (Wildman–Crippen MR) is 77.6 cm³/mol. The Bertz CT molecular complexity index is 383. The second kappa shape index (κ2) is 8.71. The molecule has 0 spiro atoms. The second-order valence-electron chi connectivity index (χ2n) is 4.88. The largest absolute Gasteiger partial charge is 0.389 e. The van der Waals surface area contributed by atoms with Gasteiger partial charge in [-0.25, -0.2) is 0 Å². The lowest BCUT2D eigenvalue weighted by atomic mass is 10.1. The number of aliphatic hydroxyl groups excluding tert-OH is 1. The maximum atomic E-state index is 9.94. The molecule has 0 saturated heterocycles. The smallest absolute Gasteiger partial charge is 0.107 e. The van der Waals surface area contributed by atoms with Crippen LogP contribution in [0.1, 0.15) is 19.4 Å². The minimum absolute atomic E-state index is 0.247. The highest BCUT2D eigenvalue weighted by atomic mass is 16.5. The SMILES string of the molecule is C#CCOCC(O)CN(Cc1ccccc1)C(C)C. The summed E-state index contributed by atoms with van der Waals surface area (Å²) in [6, 6.07) is 10.6. The van der Waals surface area contributed by atoms with Crippen LogP contribution in [0.2, 0.25) is 0 Å². The van der Waals surface area contributed by atoms with E-state index in [-0.39, 0.29) is 13.2 Å². The highest BCUT2D eigenvalue weighted by Crippen LogP contribution is 2.09. The van der Waals surface area contributed by atoms with Crippen LogP contribution >= 0.6 is 0 Å². The molecule has 104 valence electrons. The first-order valence-electron chi connectivity index (χ1n) is 6.60. The van der Waals surface area contributed by atoms with Crippen LogP contribution < -0.4 is 0 Å². The van der Waals surface area contributed by atoms with Gasteiger partial charge in [-0.2, -0.15) is 0 Å². The van der Waals surface area contributed by atoms with Gasteiger partial charge in [0, 0.05) is 19.1 Å². The van der Waals surface area contributed by atoms with Gasteiger partial charge >= 0.3 is 0 Å². The van der Waals surface area contributed by atoms with Gasteiger partial charge in [-0.15, -0.1) is 6.42 Å². The predicted octanol–water partition coefficient (Wildman–Crippen LogP) is 1.91. The zero-order chi connectivity index (χ0) is 14.1. The van der Waals surface area contributed by atoms with Gasteiger partial charge in [0.1, 0.15) is 6.61 Å². The van der Waals surface area contributed by atoms with E-state index in [2.05, 4.69) is 36.8 Å². The summed E-state index contributed by atoms with van der Waals surface area (Å²) in [4.78, 5) is 2.22. The molecule has 3 heteroatoms. The topological polar surface area (TPSA) is 32.7 Å². The van der Waals surface area contributed by atoms with Crippen LogP contribution in [-0.2, 0) is 11.3 Å². The van der Waals surface area contributed by atoms with Crippen molar-refractivity contribution in [3.63, 3.8) is 0 Å². The van der Waals surface area contributed by atoms with Crippen LogP contribution in [-0.4, -0.2) is 41.9 Å². The van der Waals surface area contributed by atoms with E-state index in [0.717, 1.165) is 6.54 Å². The van der Waals surface area contributed by atoms with Gasteiger partial charge in [-0.3, -0.25) is 4.90 Å². The van der Waals surface area contributed by atoms with Gasteiger partial charge < -0.3 is 9.84 Å². The molecule has 1 aromatic carbocycles. The van der Waals surface area contributed by atoms with Gasteiger partial charge in [0.05, 0.1) is 12.7 Å². The molecule has 1 atom stereocenters. The molecule has 0 radical (unpaired) electrons. The molecule has 0 aliphatic rings. The van der Waals surface area contributed by atoms with Crippen molar-refractivity contribution in [3.05, 3.63) is 35.9 Å². The number of rotatable bonds is 8. The first-order valence-corrected chi connectivity index (χ1v) is 6.60. The molecule has 1 rings (SSSR count). The summed E-state index contributed by atoms with van der Waals surface area (Å²) in [6.07, 6.45) is 4.58. The van der Waals surface area contributed by atoms with Gasteiger partial charge in [-0.05, 0) is 19.4 Å². The third-order valence-corrected chi connectivity index (χ3v) is 2.90. The van der Waals surface area contributed by atoms with Gasteiger partial charge in [-0.1, -0.05) is 36.3 Å². The Hall–Kier alpha value is -1.34. The highest BCUT2D eigenvalue weighted by Gasteiger charge is 2.15. The minimum atomic E-state index is -0.514. The number of aliphatic hydroxyl groups is 1. The summed E-state index contributed by atoms with van der Waals surface area (Å²) < 4.78 is 5.16. The lowest BCUT2D eigenvalue weighted by molar-refractivity contribution is 0.0192. The van der Waals surface area contributed by atoms with Gasteiger partial charge in [0.25, 0.3) is 0 Å². The van der Waals surface area contributed by atoms with Crippen molar-refractivity contribution in [2.24, 2.45) is 0 Å². The van der Waals surface area contributed by atoms with E-state index in [1.54, 1.807) is 0 Å². The standard InChI is InChI=1S/C16H23NO2/c1-4-10-19-13-16(18)12-17(14(2)3)11-15-8-6-5-7-9-15/h1,5-9,14,16,18H,10-13H2,2-3H3. The molecule has 1 N–H and O–H groups in total. The number of hydrogen-bond donors (Lipinski definition) is 1. The Balaban J connectivity index is 2.47. The monoisotopic (exact) mass is 261 g/mol. The Morgan fingerprint density at radius 1 is 1.32 bits per heavy atom. The molecule has 3 nitrogen and oxygen atoms in total. The van der Waals surface area contributed by atoms with E-state index in [0.29, 0.717) is 12.6 Å². The summed E-state index contributed by atoms with van der Waals surface area (Å²) >= 11 is 0. The first-order chi connectivity index (χ1) is 9.13. The fraction of sp³-hybridized carbons (Fsp3) is 0.500. The molecule has 0 heterocycles. The lowest BCUT2D eigenvalue weighted by Crippen LogP contribution is -2.38. The maximum Gasteiger partial charge on any atom is 0.107 e. The summed E-state index contributed by atoms with van der Waals surface area (Å²) in [5.41, 5.74) is 1.24. The van der Waals surface area contributed by atoms with Crippen molar-refractivity contribution in [3.8, 4) is 12.3 Å². The highest BCUT2D eigenvalue weighted by molar-refractivity contribution is 5.14. The Labute approximate surface area is 116 Å². The van der Waals surface area contributed by atoms with E-state index in [1.807, 2.05) is 18.2 Å². The van der Waals surface area contributed by atoms with Crippen molar-refractivity contribution in [2.75, 3.05) is 19.8 Å². The van der Waals surface area contributed by atoms with Crippen molar-refractivity contribution >= 4 is 0 Å². The van der Waals surface area contributed by atoms with Crippen molar-refractivity contribution in [2.45, 2.75) is 32.5 Å². The molecule has 19 heavy (non-hydrogen) atoms. The zero-order valence-electron chi connectivity index (χ0n) is 11.7. The van der Waals surface area contributed by atoms with E-state index >= 15 is 0 Å². The molecular weight excluding hydrogens is 238 g/mol. The Morgan fingerprint density at radius 3 is 2.58 bits per heavy atom. The first kappa shape index (κ1) is 15.7. The zero-order valence-corrected chi connectivity index (χ0v) is 11.7. The lowest BCUT2D eigenvalue weighted by Gasteiger charge is -2.28. The summed E-state index contributed by atoms with van der Waals surface area (Å²) in [6.45, 7) is 6.18. The van der Waals surface area contributed by atoms with E-state index in [9.17, 15) is 5.11 Å². The van der Waals surface area contributed by atoms with Crippen molar-refractivity contribution in [1.29, 1.82) is 0 Å². The average molecular weight is 261 g/mol. The summed E-state index contributed by atoms with van der Waals surface area (Å²) in [5, 5.41) is 9.94. The summed E-state index contributed by atoms with van der Waals surface area (Å²) in [5.74, 6) is 2.39. The second-order valence-corrected chi connectivity index (χ2v) is 4.88. The van der Waals surface area contributed by atoms with E-state index in [1.165, 1.54) is 5.56 Å². The Kier molecular flexibility index (Phi) is 7.20. The molecule has 0 saturated carbocycles. The molecule has 1 aromatic rings. The fourth-order valence-electron chi connectivity index (χ4n) is 1.85. The molecule has 0 aliphatic heterocycles. The third-order valence-electron chi connectivity index (χ3n) is 2.90.